The lowest BCUT2D eigenvalue weighted by molar-refractivity contribution is -0.165. The number of hydrogen-bond donors (Lipinski definition) is 1. The number of aliphatic hydroxyl groups is 1. The molecule has 5 aliphatic rings. The van der Waals surface area contributed by atoms with Gasteiger partial charge in [-0.3, -0.25) is 0 Å². The molecule has 0 aliphatic heterocycles. The Kier molecular flexibility index (Phi) is 4.82. The average Bonchev–Trinajstić information content (AvgIpc) is 3.05. The number of aliphatic hydroxyl groups excluding tert-OH is 1. The van der Waals surface area contributed by atoms with Gasteiger partial charge in [0.25, 0.3) is 0 Å². The van der Waals surface area contributed by atoms with E-state index >= 15 is 0 Å². The van der Waals surface area contributed by atoms with Crippen molar-refractivity contribution in [2.75, 3.05) is 0 Å². The van der Waals surface area contributed by atoms with Crippen molar-refractivity contribution in [1.29, 1.82) is 0 Å². The van der Waals surface area contributed by atoms with Crippen LogP contribution in [0.4, 0.5) is 0 Å². The summed E-state index contributed by atoms with van der Waals surface area (Å²) in [6.07, 6.45) is 14.6. The third kappa shape index (κ3) is 2.60. The van der Waals surface area contributed by atoms with E-state index in [1.807, 2.05) is 5.57 Å². The predicted octanol–water partition coefficient (Wildman–Crippen LogP) is 8.02. The molecule has 0 saturated heterocycles. The van der Waals surface area contributed by atoms with Crippen LogP contribution in [0.3, 0.4) is 0 Å². The van der Waals surface area contributed by atoms with Gasteiger partial charge in [-0.25, -0.2) is 0 Å². The molecule has 0 aromatic carbocycles. The van der Waals surface area contributed by atoms with Crippen LogP contribution in [0.15, 0.2) is 11.6 Å². The number of rotatable bonds is 1. The zero-order valence-corrected chi connectivity index (χ0v) is 21.9. The second kappa shape index (κ2) is 6.64. The van der Waals surface area contributed by atoms with E-state index in [9.17, 15) is 5.11 Å². The van der Waals surface area contributed by atoms with Crippen molar-refractivity contribution in [3.05, 3.63) is 11.6 Å². The molecule has 0 bridgehead atoms. The quantitative estimate of drug-likeness (QED) is 0.421. The van der Waals surface area contributed by atoms with Crippen LogP contribution in [0.2, 0.25) is 0 Å². The minimum Gasteiger partial charge on any atom is -0.393 e. The highest BCUT2D eigenvalue weighted by Crippen LogP contribution is 2.76. The molecule has 1 heteroatoms. The largest absolute Gasteiger partial charge is 0.393 e. The highest BCUT2D eigenvalue weighted by molar-refractivity contribution is 5.33. The van der Waals surface area contributed by atoms with Gasteiger partial charge in [0.1, 0.15) is 0 Å². The summed E-state index contributed by atoms with van der Waals surface area (Å²) in [5.41, 5.74) is 3.61. The molecule has 2 unspecified atom stereocenters. The first-order chi connectivity index (χ1) is 14.3. The Labute approximate surface area is 192 Å². The third-order valence-corrected chi connectivity index (χ3v) is 13.2. The molecule has 5 rings (SSSR count). The Morgan fingerprint density at radius 3 is 2.16 bits per heavy atom. The maximum Gasteiger partial charge on any atom is 0.0594 e. The Balaban J connectivity index is 1.55. The van der Waals surface area contributed by atoms with Gasteiger partial charge in [-0.1, -0.05) is 67.0 Å². The lowest BCUT2D eigenvalue weighted by Gasteiger charge is -2.69. The van der Waals surface area contributed by atoms with Crippen LogP contribution in [0, 0.1) is 56.7 Å². The van der Waals surface area contributed by atoms with Gasteiger partial charge in [-0.2, -0.15) is 0 Å². The van der Waals surface area contributed by atoms with Crippen LogP contribution in [0.5, 0.6) is 0 Å². The molecule has 0 aromatic rings. The van der Waals surface area contributed by atoms with E-state index in [1.165, 1.54) is 51.4 Å². The smallest absolute Gasteiger partial charge is 0.0594 e. The molecule has 4 fully saturated rings. The van der Waals surface area contributed by atoms with E-state index < -0.39 is 0 Å². The average molecular weight is 427 g/mol. The minimum atomic E-state index is -0.131. The van der Waals surface area contributed by atoms with Gasteiger partial charge in [-0.15, -0.1) is 0 Å². The van der Waals surface area contributed by atoms with Crippen LogP contribution in [0.25, 0.3) is 0 Å². The Bertz CT molecular complexity index is 777. The zero-order chi connectivity index (χ0) is 22.6. The van der Waals surface area contributed by atoms with E-state index in [-0.39, 0.29) is 11.5 Å². The monoisotopic (exact) mass is 426 g/mol. The fourth-order valence-corrected chi connectivity index (χ4v) is 11.2. The van der Waals surface area contributed by atoms with E-state index in [0.29, 0.717) is 27.6 Å². The highest BCUT2D eigenvalue weighted by atomic mass is 16.3. The van der Waals surface area contributed by atoms with E-state index in [0.717, 1.165) is 30.1 Å². The second-order valence-corrected chi connectivity index (χ2v) is 14.7. The van der Waals surface area contributed by atoms with Crippen LogP contribution >= 0.6 is 0 Å². The molecule has 0 radical (unpaired) electrons. The van der Waals surface area contributed by atoms with Gasteiger partial charge in [0.15, 0.2) is 0 Å². The van der Waals surface area contributed by atoms with Crippen molar-refractivity contribution in [2.24, 2.45) is 56.7 Å². The Morgan fingerprint density at radius 2 is 1.48 bits per heavy atom. The van der Waals surface area contributed by atoms with Crippen molar-refractivity contribution in [3.8, 4) is 0 Å². The first kappa shape index (κ1) is 22.5. The van der Waals surface area contributed by atoms with Crippen molar-refractivity contribution < 1.29 is 5.11 Å². The fraction of sp³-hybridized carbons (Fsp3) is 0.933. The molecule has 0 heterocycles. The van der Waals surface area contributed by atoms with Gasteiger partial charge >= 0.3 is 0 Å². The molecule has 4 saturated carbocycles. The number of fused-ring (bicyclic) bond motifs is 7. The third-order valence-electron chi connectivity index (χ3n) is 13.2. The summed E-state index contributed by atoms with van der Waals surface area (Å²) in [6.45, 7) is 20.4. The predicted molar refractivity (Wildman–Crippen MR) is 131 cm³/mol. The second-order valence-electron chi connectivity index (χ2n) is 14.7. The van der Waals surface area contributed by atoms with Crippen molar-refractivity contribution >= 4 is 0 Å². The van der Waals surface area contributed by atoms with Crippen molar-refractivity contribution in [1.82, 2.24) is 0 Å². The highest BCUT2D eigenvalue weighted by Gasteiger charge is 2.68. The van der Waals surface area contributed by atoms with Crippen LogP contribution < -0.4 is 0 Å². The molecule has 0 amide bonds. The lowest BCUT2D eigenvalue weighted by atomic mass is 9.35. The van der Waals surface area contributed by atoms with Gasteiger partial charge in [0.2, 0.25) is 0 Å². The molecule has 5 aliphatic carbocycles. The Morgan fingerprint density at radius 1 is 0.806 bits per heavy atom. The minimum absolute atomic E-state index is 0.0432. The van der Waals surface area contributed by atoms with Gasteiger partial charge < -0.3 is 5.11 Å². The molecule has 0 spiro atoms. The first-order valence-electron chi connectivity index (χ1n) is 13.7. The molecular weight excluding hydrogens is 376 g/mol. The maximum atomic E-state index is 10.8. The summed E-state index contributed by atoms with van der Waals surface area (Å²) in [4.78, 5) is 0. The topological polar surface area (TPSA) is 20.2 Å². The van der Waals surface area contributed by atoms with Crippen LogP contribution in [0.1, 0.15) is 113 Å². The summed E-state index contributed by atoms with van der Waals surface area (Å²) in [5.74, 6) is 4.02. The Hall–Kier alpha value is -0.300. The molecule has 9 atom stereocenters. The number of hydrogen-bond acceptors (Lipinski definition) is 1. The molecule has 176 valence electrons. The first-order valence-corrected chi connectivity index (χ1v) is 13.7. The SMILES string of the molecule is CC(C)C1CC[C@@H]2[C@@]1(C)CC[C@@]1(C)[C@@H]3CC[C@@H]4C(C)(C)C(O)CC[C@]4(C)C3=CC[C@]21C. The molecule has 1 nitrogen and oxygen atoms in total. The van der Waals surface area contributed by atoms with E-state index in [2.05, 4.69) is 61.5 Å². The summed E-state index contributed by atoms with van der Waals surface area (Å²) in [7, 11) is 0. The van der Waals surface area contributed by atoms with Crippen molar-refractivity contribution in [2.45, 2.75) is 119 Å². The van der Waals surface area contributed by atoms with Gasteiger partial charge in [0.05, 0.1) is 6.10 Å². The van der Waals surface area contributed by atoms with Crippen molar-refractivity contribution in [3.63, 3.8) is 0 Å². The summed E-state index contributed by atoms with van der Waals surface area (Å²) >= 11 is 0. The molecule has 31 heavy (non-hydrogen) atoms. The summed E-state index contributed by atoms with van der Waals surface area (Å²) < 4.78 is 0. The van der Waals surface area contributed by atoms with E-state index in [4.69, 9.17) is 0 Å². The summed E-state index contributed by atoms with van der Waals surface area (Å²) in [5, 5.41) is 10.8. The van der Waals surface area contributed by atoms with Crippen LogP contribution in [-0.4, -0.2) is 11.2 Å². The summed E-state index contributed by atoms with van der Waals surface area (Å²) in [6, 6.07) is 0. The molecule has 0 aromatic heterocycles. The number of allylic oxidation sites excluding steroid dienone is 2. The normalized spacial score (nSPS) is 55.7. The molecule has 1 N–H and O–H groups in total. The van der Waals surface area contributed by atoms with E-state index in [1.54, 1.807) is 0 Å². The van der Waals surface area contributed by atoms with Gasteiger partial charge in [-0.05, 0) is 114 Å². The zero-order valence-electron chi connectivity index (χ0n) is 21.9. The fourth-order valence-electron chi connectivity index (χ4n) is 11.2. The van der Waals surface area contributed by atoms with Crippen LogP contribution in [-0.2, 0) is 0 Å². The van der Waals surface area contributed by atoms with Gasteiger partial charge in [0, 0.05) is 0 Å². The molecular formula is C30H50O. The standard InChI is InChI=1S/C30H50O/c1-19(2)20-9-12-24-28(20,6)17-18-29(7)22-10-11-23-26(3,4)25(31)14-15-27(23,5)21(22)13-16-30(24,29)8/h13,19-20,22-25,31H,9-12,14-18H2,1-8H3/t20?,22-,23-,24-,25?,27-,28+,29+,30-/m1/s1. The lowest BCUT2D eigenvalue weighted by Crippen LogP contribution is -2.62. The maximum absolute atomic E-state index is 10.8.